The Kier molecular flexibility index (Phi) is 5.64. The number of rotatable bonds is 6. The SMILES string of the molecule is COc1ccc(-c2nc([C@@H](C)Oc3ccc(F)c(C(N)=O)c3F)oc2Br)cc1. The zero-order chi connectivity index (χ0) is 20.4. The molecule has 0 aliphatic carbocycles. The van der Waals surface area contributed by atoms with Crippen molar-refractivity contribution in [1.82, 2.24) is 4.98 Å². The lowest BCUT2D eigenvalue weighted by Gasteiger charge is -2.13. The zero-order valence-electron chi connectivity index (χ0n) is 14.8. The highest BCUT2D eigenvalue weighted by atomic mass is 79.9. The van der Waals surface area contributed by atoms with Gasteiger partial charge in [0.1, 0.15) is 22.8 Å². The number of ether oxygens (including phenoxy) is 2. The van der Waals surface area contributed by atoms with Gasteiger partial charge in [-0.25, -0.2) is 13.8 Å². The smallest absolute Gasteiger partial charge is 0.254 e. The van der Waals surface area contributed by atoms with Crippen LogP contribution >= 0.6 is 15.9 Å². The van der Waals surface area contributed by atoms with E-state index in [-0.39, 0.29) is 11.6 Å². The summed E-state index contributed by atoms with van der Waals surface area (Å²) in [6.07, 6.45) is -0.830. The summed E-state index contributed by atoms with van der Waals surface area (Å²) in [7, 11) is 1.57. The van der Waals surface area contributed by atoms with Gasteiger partial charge in [0.25, 0.3) is 5.91 Å². The van der Waals surface area contributed by atoms with Crippen molar-refractivity contribution < 1.29 is 27.5 Å². The van der Waals surface area contributed by atoms with E-state index in [0.29, 0.717) is 16.1 Å². The van der Waals surface area contributed by atoms with Crippen molar-refractivity contribution in [2.45, 2.75) is 13.0 Å². The minimum atomic E-state index is -1.23. The summed E-state index contributed by atoms with van der Waals surface area (Å²) in [6, 6.07) is 9.12. The number of hydrogen-bond donors (Lipinski definition) is 1. The minimum absolute atomic E-state index is 0.155. The third kappa shape index (κ3) is 3.84. The molecule has 0 aliphatic rings. The fourth-order valence-electron chi connectivity index (χ4n) is 2.51. The molecule has 0 spiro atoms. The molecule has 28 heavy (non-hydrogen) atoms. The summed E-state index contributed by atoms with van der Waals surface area (Å²) in [6.45, 7) is 1.57. The number of primary amides is 1. The standard InChI is InChI=1S/C19H15BrF2N2O4/c1-9(27-13-8-7-12(21)14(15(13)22)18(23)25)19-24-16(17(20)28-19)10-3-5-11(26-2)6-4-10/h3-9H,1-2H3,(H2,23,25)/t9-/m1/s1. The molecule has 1 amide bonds. The Labute approximate surface area is 167 Å². The fourth-order valence-corrected chi connectivity index (χ4v) is 2.99. The van der Waals surface area contributed by atoms with Gasteiger partial charge in [-0.1, -0.05) is 0 Å². The van der Waals surface area contributed by atoms with Crippen molar-refractivity contribution in [1.29, 1.82) is 0 Å². The van der Waals surface area contributed by atoms with Crippen molar-refractivity contribution in [3.05, 3.63) is 64.2 Å². The van der Waals surface area contributed by atoms with Crippen LogP contribution in [0.15, 0.2) is 45.5 Å². The Balaban J connectivity index is 1.87. The Hall–Kier alpha value is -2.94. The van der Waals surface area contributed by atoms with Gasteiger partial charge in [0.2, 0.25) is 5.89 Å². The van der Waals surface area contributed by atoms with Crippen molar-refractivity contribution in [2.75, 3.05) is 7.11 Å². The maximum absolute atomic E-state index is 14.3. The number of carbonyl (C=O) groups is 1. The summed E-state index contributed by atoms with van der Waals surface area (Å²) in [5.41, 5.74) is 5.43. The predicted octanol–water partition coefficient (Wildman–Crippen LogP) is 4.63. The first-order valence-electron chi connectivity index (χ1n) is 8.07. The van der Waals surface area contributed by atoms with E-state index < -0.39 is 29.2 Å². The van der Waals surface area contributed by atoms with Crippen LogP contribution < -0.4 is 15.2 Å². The molecule has 0 unspecified atom stereocenters. The first kappa shape index (κ1) is 19.8. The second-order valence-electron chi connectivity index (χ2n) is 5.76. The highest BCUT2D eigenvalue weighted by Gasteiger charge is 2.24. The van der Waals surface area contributed by atoms with Crippen LogP contribution in [0.2, 0.25) is 0 Å². The third-order valence-electron chi connectivity index (χ3n) is 3.92. The second-order valence-corrected chi connectivity index (χ2v) is 6.48. The maximum atomic E-state index is 14.3. The Morgan fingerprint density at radius 3 is 2.50 bits per heavy atom. The molecule has 0 saturated carbocycles. The number of hydrogen-bond acceptors (Lipinski definition) is 5. The largest absolute Gasteiger partial charge is 0.497 e. The van der Waals surface area contributed by atoms with Gasteiger partial charge in [-0.3, -0.25) is 4.79 Å². The lowest BCUT2D eigenvalue weighted by molar-refractivity contribution is 0.0989. The van der Waals surface area contributed by atoms with Crippen LogP contribution in [0.4, 0.5) is 8.78 Å². The fraction of sp³-hybridized carbons (Fsp3) is 0.158. The predicted molar refractivity (Wildman–Crippen MR) is 100 cm³/mol. The number of amides is 1. The summed E-state index contributed by atoms with van der Waals surface area (Å²) in [5, 5.41) is 0. The minimum Gasteiger partial charge on any atom is -0.497 e. The van der Waals surface area contributed by atoms with E-state index in [1.165, 1.54) is 0 Å². The van der Waals surface area contributed by atoms with E-state index >= 15 is 0 Å². The van der Waals surface area contributed by atoms with E-state index in [0.717, 1.165) is 17.7 Å². The number of oxazole rings is 1. The number of halogens is 3. The van der Waals surface area contributed by atoms with Crippen molar-refractivity contribution in [3.63, 3.8) is 0 Å². The van der Waals surface area contributed by atoms with Gasteiger partial charge in [-0.15, -0.1) is 0 Å². The molecule has 1 aromatic heterocycles. The van der Waals surface area contributed by atoms with E-state index in [2.05, 4.69) is 20.9 Å². The molecular formula is C19H15BrF2N2O4. The normalized spacial score (nSPS) is 11.9. The van der Waals surface area contributed by atoms with E-state index in [1.807, 2.05) is 0 Å². The van der Waals surface area contributed by atoms with Crippen molar-refractivity contribution in [2.24, 2.45) is 5.73 Å². The van der Waals surface area contributed by atoms with Gasteiger partial charge in [0.15, 0.2) is 22.3 Å². The highest BCUT2D eigenvalue weighted by Crippen LogP contribution is 2.34. The van der Waals surface area contributed by atoms with Gasteiger partial charge < -0.3 is 19.6 Å². The van der Waals surface area contributed by atoms with Gasteiger partial charge in [0, 0.05) is 5.56 Å². The number of nitrogens with zero attached hydrogens (tertiary/aromatic N) is 1. The van der Waals surface area contributed by atoms with E-state index in [4.69, 9.17) is 19.6 Å². The van der Waals surface area contributed by atoms with Gasteiger partial charge >= 0.3 is 0 Å². The van der Waals surface area contributed by atoms with Gasteiger partial charge in [0.05, 0.1) is 7.11 Å². The summed E-state index contributed by atoms with van der Waals surface area (Å²) in [5.74, 6) is -2.97. The molecule has 3 rings (SSSR count). The molecule has 0 radical (unpaired) electrons. The first-order valence-corrected chi connectivity index (χ1v) is 8.86. The number of aromatic nitrogens is 1. The van der Waals surface area contributed by atoms with Gasteiger partial charge in [-0.2, -0.15) is 0 Å². The average molecular weight is 453 g/mol. The molecule has 146 valence electrons. The van der Waals surface area contributed by atoms with Crippen LogP contribution in [-0.4, -0.2) is 18.0 Å². The average Bonchev–Trinajstić information content (AvgIpc) is 3.06. The molecule has 1 heterocycles. The monoisotopic (exact) mass is 452 g/mol. The lowest BCUT2D eigenvalue weighted by Crippen LogP contribution is -2.16. The molecule has 0 bridgehead atoms. The molecule has 6 nitrogen and oxygen atoms in total. The molecule has 3 aromatic rings. The van der Waals surface area contributed by atoms with E-state index in [1.54, 1.807) is 38.3 Å². The molecule has 9 heteroatoms. The molecule has 0 aliphatic heterocycles. The van der Waals surface area contributed by atoms with Crippen molar-refractivity contribution >= 4 is 21.8 Å². The first-order chi connectivity index (χ1) is 13.3. The van der Waals surface area contributed by atoms with Gasteiger partial charge in [-0.05, 0) is 59.3 Å². The van der Waals surface area contributed by atoms with E-state index in [9.17, 15) is 13.6 Å². The maximum Gasteiger partial charge on any atom is 0.254 e. The molecule has 0 fully saturated rings. The van der Waals surface area contributed by atoms with Crippen LogP contribution in [-0.2, 0) is 0 Å². The third-order valence-corrected chi connectivity index (χ3v) is 4.46. The van der Waals surface area contributed by atoms with Crippen LogP contribution in [0.25, 0.3) is 11.3 Å². The molecule has 2 N–H and O–H groups in total. The highest BCUT2D eigenvalue weighted by molar-refractivity contribution is 9.10. The summed E-state index contributed by atoms with van der Waals surface area (Å²) < 4.78 is 44.5. The summed E-state index contributed by atoms with van der Waals surface area (Å²) >= 11 is 3.30. The number of carbonyl (C=O) groups excluding carboxylic acids is 1. The molecule has 2 aromatic carbocycles. The van der Waals surface area contributed by atoms with Crippen LogP contribution in [0, 0.1) is 11.6 Å². The molecule has 1 atom stereocenters. The van der Waals surface area contributed by atoms with Crippen LogP contribution in [0.1, 0.15) is 29.3 Å². The Morgan fingerprint density at radius 1 is 1.21 bits per heavy atom. The summed E-state index contributed by atoms with van der Waals surface area (Å²) in [4.78, 5) is 15.6. The second kappa shape index (κ2) is 7.97. The topological polar surface area (TPSA) is 87.6 Å². The number of methoxy groups -OCH3 is 1. The quantitative estimate of drug-likeness (QED) is 0.588. The molecule has 0 saturated heterocycles. The zero-order valence-corrected chi connectivity index (χ0v) is 16.4. The lowest BCUT2D eigenvalue weighted by atomic mass is 10.1. The Morgan fingerprint density at radius 2 is 1.89 bits per heavy atom. The molecular weight excluding hydrogens is 438 g/mol. The number of nitrogens with two attached hydrogens (primary N) is 1. The number of benzene rings is 2. The van der Waals surface area contributed by atoms with Crippen LogP contribution in [0.3, 0.4) is 0 Å². The van der Waals surface area contributed by atoms with Crippen molar-refractivity contribution in [3.8, 4) is 22.8 Å². The Bertz CT molecular complexity index is 1020. The van der Waals surface area contributed by atoms with Crippen LogP contribution in [0.5, 0.6) is 11.5 Å².